The number of piperazine rings is 1. The van der Waals surface area contributed by atoms with E-state index in [9.17, 15) is 4.39 Å². The Kier molecular flexibility index (Phi) is 6.69. The Bertz CT molecular complexity index is 866. The summed E-state index contributed by atoms with van der Waals surface area (Å²) >= 11 is 0. The number of nitrogens with two attached hydrogens (primary N) is 1. The minimum absolute atomic E-state index is 0.143. The molecule has 2 aromatic carbocycles. The zero-order valence-electron chi connectivity index (χ0n) is 17.3. The van der Waals surface area contributed by atoms with Crippen molar-refractivity contribution in [1.29, 1.82) is 0 Å². The van der Waals surface area contributed by atoms with Crippen LogP contribution in [-0.4, -0.2) is 56.7 Å². The zero-order valence-corrected chi connectivity index (χ0v) is 17.3. The number of fused-ring (bicyclic) bond motifs is 1. The van der Waals surface area contributed by atoms with E-state index in [4.69, 9.17) is 10.5 Å². The van der Waals surface area contributed by atoms with E-state index in [0.717, 1.165) is 56.9 Å². The van der Waals surface area contributed by atoms with Gasteiger partial charge >= 0.3 is 0 Å². The molecule has 0 bridgehead atoms. The molecule has 30 heavy (non-hydrogen) atoms. The largest absolute Gasteiger partial charge is 0.493 e. The SMILES string of the molecule is NC(=NCCCN1CCN(c2ccccc2F)CC1)NC1CCOc2ccccc21. The van der Waals surface area contributed by atoms with E-state index in [2.05, 4.69) is 26.2 Å². The number of anilines is 1. The average Bonchev–Trinajstić information content (AvgIpc) is 2.78. The first kappa shape index (κ1) is 20.5. The third-order valence-corrected chi connectivity index (χ3v) is 5.76. The van der Waals surface area contributed by atoms with E-state index in [1.165, 1.54) is 6.07 Å². The maximum atomic E-state index is 14.0. The number of rotatable bonds is 6. The molecule has 1 unspecified atom stereocenters. The van der Waals surface area contributed by atoms with Crippen molar-refractivity contribution in [2.75, 3.05) is 50.8 Å². The molecule has 2 heterocycles. The summed E-state index contributed by atoms with van der Waals surface area (Å²) < 4.78 is 19.6. The molecule has 0 radical (unpaired) electrons. The molecular weight excluding hydrogens is 381 g/mol. The van der Waals surface area contributed by atoms with Crippen LogP contribution >= 0.6 is 0 Å². The van der Waals surface area contributed by atoms with E-state index in [0.29, 0.717) is 24.8 Å². The number of hydrogen-bond acceptors (Lipinski definition) is 4. The van der Waals surface area contributed by atoms with Crippen LogP contribution in [0.1, 0.15) is 24.4 Å². The third-order valence-electron chi connectivity index (χ3n) is 5.76. The van der Waals surface area contributed by atoms with E-state index < -0.39 is 0 Å². The molecule has 2 aliphatic heterocycles. The predicted molar refractivity (Wildman–Crippen MR) is 119 cm³/mol. The van der Waals surface area contributed by atoms with Crippen LogP contribution in [0.15, 0.2) is 53.5 Å². The van der Waals surface area contributed by atoms with Crippen molar-refractivity contribution in [2.24, 2.45) is 10.7 Å². The minimum Gasteiger partial charge on any atom is -0.493 e. The van der Waals surface area contributed by atoms with Crippen LogP contribution in [0.25, 0.3) is 0 Å². The summed E-state index contributed by atoms with van der Waals surface area (Å²) in [5.41, 5.74) is 7.96. The number of para-hydroxylation sites is 2. The summed E-state index contributed by atoms with van der Waals surface area (Å²) in [6.07, 6.45) is 1.83. The van der Waals surface area contributed by atoms with Gasteiger partial charge in [-0.15, -0.1) is 0 Å². The van der Waals surface area contributed by atoms with Crippen LogP contribution in [0.5, 0.6) is 5.75 Å². The van der Waals surface area contributed by atoms with E-state index >= 15 is 0 Å². The van der Waals surface area contributed by atoms with Crippen LogP contribution in [0.2, 0.25) is 0 Å². The van der Waals surface area contributed by atoms with Crippen molar-refractivity contribution in [3.05, 3.63) is 59.9 Å². The molecule has 0 spiro atoms. The number of guanidine groups is 1. The molecule has 0 aliphatic carbocycles. The molecule has 0 amide bonds. The number of nitrogens with one attached hydrogen (secondary N) is 1. The summed E-state index contributed by atoms with van der Waals surface area (Å²) in [6.45, 7) is 5.91. The topological polar surface area (TPSA) is 66.1 Å². The second kappa shape index (κ2) is 9.80. The van der Waals surface area contributed by atoms with Gasteiger partial charge in [0.15, 0.2) is 5.96 Å². The summed E-state index contributed by atoms with van der Waals surface area (Å²) in [5, 5.41) is 3.33. The van der Waals surface area contributed by atoms with Gasteiger partial charge in [-0.1, -0.05) is 30.3 Å². The van der Waals surface area contributed by atoms with Gasteiger partial charge in [0.05, 0.1) is 18.3 Å². The van der Waals surface area contributed by atoms with Gasteiger partial charge in [-0.2, -0.15) is 0 Å². The average molecular weight is 412 g/mol. The Morgan fingerprint density at radius 1 is 1.10 bits per heavy atom. The molecule has 0 saturated carbocycles. The molecule has 2 aliphatic rings. The Morgan fingerprint density at radius 3 is 2.70 bits per heavy atom. The highest BCUT2D eigenvalue weighted by molar-refractivity contribution is 5.78. The number of aliphatic imine (C=N–C) groups is 1. The monoisotopic (exact) mass is 411 g/mol. The fraction of sp³-hybridized carbons (Fsp3) is 0.435. The molecule has 2 aromatic rings. The van der Waals surface area contributed by atoms with Gasteiger partial charge in [0.2, 0.25) is 0 Å². The predicted octanol–water partition coefficient (Wildman–Crippen LogP) is 2.77. The van der Waals surface area contributed by atoms with Gasteiger partial charge in [-0.3, -0.25) is 9.89 Å². The molecule has 160 valence electrons. The second-order valence-electron chi connectivity index (χ2n) is 7.77. The van der Waals surface area contributed by atoms with Gasteiger partial charge in [0, 0.05) is 51.3 Å². The fourth-order valence-electron chi connectivity index (χ4n) is 4.13. The molecule has 7 heteroatoms. The first-order valence-corrected chi connectivity index (χ1v) is 10.7. The summed E-state index contributed by atoms with van der Waals surface area (Å²) in [7, 11) is 0. The van der Waals surface area contributed by atoms with Crippen molar-refractivity contribution in [3.63, 3.8) is 0 Å². The normalized spacial score (nSPS) is 19.8. The molecule has 0 aromatic heterocycles. The molecule has 1 atom stereocenters. The number of benzene rings is 2. The smallest absolute Gasteiger partial charge is 0.189 e. The molecule has 4 rings (SSSR count). The van der Waals surface area contributed by atoms with Gasteiger partial charge in [0.1, 0.15) is 11.6 Å². The second-order valence-corrected chi connectivity index (χ2v) is 7.77. The lowest BCUT2D eigenvalue weighted by Crippen LogP contribution is -2.47. The molecule has 6 nitrogen and oxygen atoms in total. The molecule has 1 fully saturated rings. The summed E-state index contributed by atoms with van der Waals surface area (Å²) in [6, 6.07) is 15.2. The van der Waals surface area contributed by atoms with Gasteiger partial charge in [0.25, 0.3) is 0 Å². The Balaban J connectivity index is 1.18. The number of ether oxygens (including phenoxy) is 1. The minimum atomic E-state index is -0.143. The molecule has 1 saturated heterocycles. The van der Waals surface area contributed by atoms with Crippen molar-refractivity contribution in [2.45, 2.75) is 18.9 Å². The number of nitrogens with zero attached hydrogens (tertiary/aromatic N) is 3. The Morgan fingerprint density at radius 2 is 1.87 bits per heavy atom. The Labute approximate surface area is 177 Å². The lowest BCUT2D eigenvalue weighted by molar-refractivity contribution is 0.255. The van der Waals surface area contributed by atoms with E-state index in [-0.39, 0.29) is 11.9 Å². The van der Waals surface area contributed by atoms with Crippen LogP contribution < -0.4 is 20.7 Å². The Hall–Kier alpha value is -2.80. The van der Waals surface area contributed by atoms with Crippen molar-refractivity contribution in [1.82, 2.24) is 10.2 Å². The zero-order chi connectivity index (χ0) is 20.8. The first-order chi connectivity index (χ1) is 14.7. The summed E-state index contributed by atoms with van der Waals surface area (Å²) in [4.78, 5) is 9.04. The highest BCUT2D eigenvalue weighted by Gasteiger charge is 2.21. The van der Waals surface area contributed by atoms with Gasteiger partial charge < -0.3 is 20.7 Å². The fourth-order valence-corrected chi connectivity index (χ4v) is 4.13. The van der Waals surface area contributed by atoms with Crippen molar-refractivity contribution >= 4 is 11.6 Å². The maximum Gasteiger partial charge on any atom is 0.189 e. The molecular formula is C23H30FN5O. The number of hydrogen-bond donors (Lipinski definition) is 2. The standard InChI is InChI=1S/C23H30FN5O/c24-19-7-2-3-8-21(19)29-15-13-28(14-16-29)12-5-11-26-23(25)27-20-10-17-30-22-9-4-1-6-18(20)22/h1-4,6-9,20H,5,10-17H2,(H3,25,26,27). The lowest BCUT2D eigenvalue weighted by Gasteiger charge is -2.36. The molecule has 3 N–H and O–H groups in total. The van der Waals surface area contributed by atoms with Crippen LogP contribution in [0, 0.1) is 5.82 Å². The summed E-state index contributed by atoms with van der Waals surface area (Å²) in [5.74, 6) is 1.26. The highest BCUT2D eigenvalue weighted by Crippen LogP contribution is 2.31. The van der Waals surface area contributed by atoms with Gasteiger partial charge in [-0.25, -0.2) is 4.39 Å². The third kappa shape index (κ3) is 5.02. The maximum absolute atomic E-state index is 14.0. The quantitative estimate of drug-likeness (QED) is 0.435. The first-order valence-electron chi connectivity index (χ1n) is 10.7. The number of halogens is 1. The van der Waals surface area contributed by atoms with Crippen molar-refractivity contribution in [3.8, 4) is 5.75 Å². The van der Waals surface area contributed by atoms with E-state index in [1.54, 1.807) is 6.07 Å². The van der Waals surface area contributed by atoms with Crippen LogP contribution in [-0.2, 0) is 0 Å². The highest BCUT2D eigenvalue weighted by atomic mass is 19.1. The van der Waals surface area contributed by atoms with Crippen LogP contribution in [0.3, 0.4) is 0 Å². The lowest BCUT2D eigenvalue weighted by atomic mass is 10.0. The van der Waals surface area contributed by atoms with Crippen molar-refractivity contribution < 1.29 is 9.13 Å². The van der Waals surface area contributed by atoms with Gasteiger partial charge in [-0.05, 0) is 24.6 Å². The van der Waals surface area contributed by atoms with Crippen LogP contribution in [0.4, 0.5) is 10.1 Å². The van der Waals surface area contributed by atoms with E-state index in [1.807, 2.05) is 30.3 Å².